The number of rotatable bonds is 2. The molecule has 0 saturated carbocycles. The number of nitrogens with zero attached hydrogens (tertiary/aromatic N) is 1. The lowest BCUT2D eigenvalue weighted by Gasteiger charge is -2.39. The summed E-state index contributed by atoms with van der Waals surface area (Å²) in [6.07, 6.45) is 8.01. The molecule has 0 aliphatic carbocycles. The summed E-state index contributed by atoms with van der Waals surface area (Å²) in [6.45, 7) is 18.7. The van der Waals surface area contributed by atoms with Crippen molar-refractivity contribution < 1.29 is 23.9 Å². The van der Waals surface area contributed by atoms with Crippen LogP contribution in [-0.4, -0.2) is 65.0 Å². The van der Waals surface area contributed by atoms with Crippen molar-refractivity contribution in [3.05, 3.63) is 51.9 Å². The van der Waals surface area contributed by atoms with Gasteiger partial charge >= 0.3 is 5.97 Å². The first kappa shape index (κ1) is 34.7. The van der Waals surface area contributed by atoms with E-state index >= 15 is 0 Å². The van der Waals surface area contributed by atoms with Crippen LogP contribution in [-0.2, 0) is 23.9 Å². The minimum absolute atomic E-state index is 0.284. The van der Waals surface area contributed by atoms with Gasteiger partial charge in [-0.15, -0.1) is 0 Å². The molecule has 1 aromatic rings. The highest BCUT2D eigenvalue weighted by Gasteiger charge is 2.44. The molecule has 0 aromatic heterocycles. The molecular formula is C34H49N5O5. The van der Waals surface area contributed by atoms with Crippen molar-refractivity contribution in [3.8, 4) is 0 Å². The Bertz CT molecular complexity index is 1440. The monoisotopic (exact) mass is 607 g/mol. The van der Waals surface area contributed by atoms with Gasteiger partial charge in [-0.1, -0.05) is 56.9 Å². The molecule has 4 unspecified atom stereocenters. The number of esters is 1. The normalized spacial score (nSPS) is 30.8. The molecule has 1 aromatic carbocycles. The number of carbonyl (C=O) groups excluding carboxylic acids is 4. The second-order valence-electron chi connectivity index (χ2n) is 13.1. The standard InChI is InChI=1S/C34H49N5O5/c1-20(2)28-29(40)36-23(5)30(41)39-18-10-11-27(38-39)31(42)44-24(6)21(3)12-14-26-15-13-25(19-22(26)4)16-17-34(9,32(43)37-28)33(7,8)35/h12-17,19-20,23-24,27-28,38H,4,10-11,18,35H2,1-3,5-9H3,(H,36,40)(H,37,43)/b17-16+,21-12+,26-14-/t23?,24-,27?,28?,34?/m1/s1. The molecule has 3 amide bonds. The highest BCUT2D eigenvalue weighted by atomic mass is 16.5. The summed E-state index contributed by atoms with van der Waals surface area (Å²) in [5.41, 5.74) is 9.02. The fourth-order valence-electron chi connectivity index (χ4n) is 4.98. The van der Waals surface area contributed by atoms with E-state index in [4.69, 9.17) is 10.5 Å². The molecule has 3 heterocycles. The summed E-state index contributed by atoms with van der Waals surface area (Å²) in [4.78, 5) is 53.6. The zero-order chi connectivity index (χ0) is 33.0. The van der Waals surface area contributed by atoms with Gasteiger partial charge in [-0.3, -0.25) is 24.2 Å². The average molecular weight is 608 g/mol. The third-order valence-electron chi connectivity index (χ3n) is 8.75. The van der Waals surface area contributed by atoms with Crippen LogP contribution in [0.25, 0.3) is 18.7 Å². The van der Waals surface area contributed by atoms with Gasteiger partial charge in [0.2, 0.25) is 11.8 Å². The number of fused-ring (bicyclic) bond motifs is 14. The molecule has 0 spiro atoms. The zero-order valence-electron chi connectivity index (χ0n) is 27.3. The molecule has 3 aliphatic rings. The van der Waals surface area contributed by atoms with Crippen LogP contribution in [0.4, 0.5) is 0 Å². The highest BCUT2D eigenvalue weighted by molar-refractivity contribution is 5.94. The lowest BCUT2D eigenvalue weighted by Crippen LogP contribution is -2.62. The van der Waals surface area contributed by atoms with Crippen LogP contribution >= 0.6 is 0 Å². The number of hydrogen-bond donors (Lipinski definition) is 4. The maximum atomic E-state index is 13.8. The molecule has 3 aliphatic heterocycles. The van der Waals surface area contributed by atoms with Gasteiger partial charge < -0.3 is 21.1 Å². The molecule has 5 atom stereocenters. The van der Waals surface area contributed by atoms with Crippen LogP contribution in [0.3, 0.4) is 0 Å². The fourth-order valence-corrected chi connectivity index (χ4v) is 4.98. The summed E-state index contributed by atoms with van der Waals surface area (Å²) in [7, 11) is 0. The van der Waals surface area contributed by atoms with Crippen LogP contribution in [0, 0.1) is 11.3 Å². The van der Waals surface area contributed by atoms with Crippen LogP contribution < -0.4 is 32.2 Å². The molecule has 1 saturated heterocycles. The maximum Gasteiger partial charge on any atom is 0.325 e. The summed E-state index contributed by atoms with van der Waals surface area (Å²) in [5.74, 6) is -2.05. The first-order valence-electron chi connectivity index (χ1n) is 15.3. The van der Waals surface area contributed by atoms with Gasteiger partial charge in [0.05, 0.1) is 5.41 Å². The summed E-state index contributed by atoms with van der Waals surface area (Å²) < 4.78 is 5.74. The smallest absolute Gasteiger partial charge is 0.325 e. The van der Waals surface area contributed by atoms with E-state index in [-0.39, 0.29) is 5.92 Å². The Hall–Kier alpha value is -3.76. The van der Waals surface area contributed by atoms with E-state index in [2.05, 4.69) is 22.6 Å². The molecule has 240 valence electrons. The van der Waals surface area contributed by atoms with Gasteiger partial charge in [0, 0.05) is 12.1 Å². The number of hydrazine groups is 1. The Balaban J connectivity index is 2.07. The largest absolute Gasteiger partial charge is 0.457 e. The quantitative estimate of drug-likeness (QED) is 0.375. The maximum absolute atomic E-state index is 13.8. The van der Waals surface area contributed by atoms with Gasteiger partial charge in [0.25, 0.3) is 5.91 Å². The topological polar surface area (TPSA) is 143 Å². The predicted molar refractivity (Wildman–Crippen MR) is 173 cm³/mol. The van der Waals surface area contributed by atoms with E-state index in [0.29, 0.717) is 19.4 Å². The van der Waals surface area contributed by atoms with Crippen LogP contribution in [0.15, 0.2) is 35.9 Å². The van der Waals surface area contributed by atoms with Crippen LogP contribution in [0.5, 0.6) is 0 Å². The minimum Gasteiger partial charge on any atom is -0.457 e. The van der Waals surface area contributed by atoms with Gasteiger partial charge in [0.15, 0.2) is 0 Å². The number of ether oxygens (including phenoxy) is 1. The Morgan fingerprint density at radius 3 is 2.41 bits per heavy atom. The van der Waals surface area contributed by atoms with Crippen LogP contribution in [0.1, 0.15) is 73.8 Å². The second kappa shape index (κ2) is 13.9. The number of carbonyl (C=O) groups is 4. The number of benzene rings is 1. The van der Waals surface area contributed by atoms with Gasteiger partial charge in [-0.05, 0) is 87.9 Å². The summed E-state index contributed by atoms with van der Waals surface area (Å²) in [6, 6.07) is 3.22. The number of allylic oxidation sites excluding steroid dienone is 1. The van der Waals surface area contributed by atoms with Gasteiger partial charge in [-0.25, -0.2) is 5.43 Å². The van der Waals surface area contributed by atoms with Crippen molar-refractivity contribution in [2.24, 2.45) is 17.1 Å². The molecule has 44 heavy (non-hydrogen) atoms. The van der Waals surface area contributed by atoms with Crippen molar-refractivity contribution in [1.29, 1.82) is 0 Å². The van der Waals surface area contributed by atoms with Gasteiger partial charge in [-0.2, -0.15) is 0 Å². The van der Waals surface area contributed by atoms with E-state index < -0.39 is 58.9 Å². The average Bonchev–Trinajstić information content (AvgIpc) is 2.95. The third-order valence-corrected chi connectivity index (χ3v) is 8.75. The second-order valence-corrected chi connectivity index (χ2v) is 13.1. The SMILES string of the molecule is C=c1cc2cc/c1=C/C=C(\C)[C@@H](C)OC(=O)C1CCCN(N1)C(=O)C(C)NC(=O)C(C(C)C)NC(=O)C(C)(C(C)(C)N)/C=C/2. The predicted octanol–water partition coefficient (Wildman–Crippen LogP) is 1.67. The minimum atomic E-state index is -1.20. The Kier molecular flexibility index (Phi) is 11.0. The molecule has 4 bridgehead atoms. The molecule has 10 heteroatoms. The Labute approximate surface area is 260 Å². The zero-order valence-corrected chi connectivity index (χ0v) is 27.3. The van der Waals surface area contributed by atoms with Crippen LogP contribution in [0.2, 0.25) is 0 Å². The molecule has 0 radical (unpaired) electrons. The number of nitrogens with one attached hydrogen (secondary N) is 3. The number of hydrogen-bond acceptors (Lipinski definition) is 7. The van der Waals surface area contributed by atoms with E-state index in [1.807, 2.05) is 57.2 Å². The number of amides is 3. The molecule has 1 fully saturated rings. The van der Waals surface area contributed by atoms with E-state index in [1.54, 1.807) is 40.7 Å². The lowest BCUT2D eigenvalue weighted by molar-refractivity contribution is -0.155. The summed E-state index contributed by atoms with van der Waals surface area (Å²) >= 11 is 0. The fraction of sp³-hybridized carbons (Fsp3) is 0.529. The third kappa shape index (κ3) is 8.04. The first-order chi connectivity index (χ1) is 20.4. The highest BCUT2D eigenvalue weighted by Crippen LogP contribution is 2.32. The van der Waals surface area contributed by atoms with Crippen molar-refractivity contribution in [2.45, 2.75) is 98.0 Å². The molecule has 5 N–H and O–H groups in total. The Morgan fingerprint density at radius 1 is 1.11 bits per heavy atom. The van der Waals surface area contributed by atoms with E-state index in [9.17, 15) is 19.2 Å². The molecule has 4 rings (SSSR count). The Morgan fingerprint density at radius 2 is 1.80 bits per heavy atom. The molecular weight excluding hydrogens is 558 g/mol. The molecule has 10 nitrogen and oxygen atoms in total. The van der Waals surface area contributed by atoms with Crippen molar-refractivity contribution in [3.63, 3.8) is 0 Å². The van der Waals surface area contributed by atoms with Crippen molar-refractivity contribution in [2.75, 3.05) is 6.54 Å². The lowest BCUT2D eigenvalue weighted by atomic mass is 9.72. The number of nitrogens with two attached hydrogens (primary N) is 1. The van der Waals surface area contributed by atoms with E-state index in [1.165, 1.54) is 5.01 Å². The summed E-state index contributed by atoms with van der Waals surface area (Å²) in [5, 5.41) is 8.68. The van der Waals surface area contributed by atoms with Crippen molar-refractivity contribution in [1.82, 2.24) is 21.1 Å². The first-order valence-corrected chi connectivity index (χ1v) is 15.3. The van der Waals surface area contributed by atoms with Crippen molar-refractivity contribution >= 4 is 42.4 Å². The van der Waals surface area contributed by atoms with E-state index in [0.717, 1.165) is 21.6 Å². The van der Waals surface area contributed by atoms with Gasteiger partial charge in [0.1, 0.15) is 24.2 Å².